The summed E-state index contributed by atoms with van der Waals surface area (Å²) in [5.41, 5.74) is -0.598. The maximum Gasteiger partial charge on any atom is 0.248 e. The minimum atomic E-state index is -2.44. The number of nitrogens with one attached hydrogen (secondary N) is 4. The third-order valence-electron chi connectivity index (χ3n) is 5.41. The van der Waals surface area contributed by atoms with Crippen molar-refractivity contribution in [3.8, 4) is 11.1 Å². The van der Waals surface area contributed by atoms with Gasteiger partial charge < -0.3 is 0 Å². The maximum atomic E-state index is 14.9. The number of benzene rings is 2. The molecule has 0 fully saturated rings. The molecule has 0 bridgehead atoms. The largest absolute Gasteiger partial charge is 0.293 e. The Kier molecular flexibility index (Phi) is 10.5. The van der Waals surface area contributed by atoms with Crippen LogP contribution in [-0.2, 0) is 9.59 Å². The zero-order valence-corrected chi connectivity index (χ0v) is 23.2. The first-order valence-electron chi connectivity index (χ1n) is 11.9. The van der Waals surface area contributed by atoms with E-state index >= 15 is 0 Å². The number of amides is 2. The highest BCUT2D eigenvalue weighted by Gasteiger charge is 2.34. The van der Waals surface area contributed by atoms with E-state index in [2.05, 4.69) is 9.97 Å². The van der Waals surface area contributed by atoms with Crippen LogP contribution in [0.4, 0.5) is 46.5 Å². The fourth-order valence-corrected chi connectivity index (χ4v) is 4.73. The highest BCUT2D eigenvalue weighted by atomic mass is 32.2. The Morgan fingerprint density at radius 1 is 0.545 bits per heavy atom. The average Bonchev–Trinajstić information content (AvgIpc) is 3.03. The maximum absolute atomic E-state index is 14.9. The minimum absolute atomic E-state index is 0.352. The zero-order chi connectivity index (χ0) is 32.0. The Balaban J connectivity index is 1.53. The number of aromatic nitrogens is 2. The molecule has 0 atom stereocenters. The Bertz CT molecular complexity index is 1520. The number of carbonyl (C=O) groups is 2. The van der Waals surface area contributed by atoms with Crippen LogP contribution in [0.2, 0.25) is 0 Å². The van der Waals surface area contributed by atoms with E-state index in [0.29, 0.717) is 10.1 Å². The molecule has 4 aromatic rings. The van der Waals surface area contributed by atoms with E-state index in [1.807, 2.05) is 0 Å². The molecule has 0 aliphatic carbocycles. The van der Waals surface area contributed by atoms with Crippen molar-refractivity contribution in [2.75, 3.05) is 22.4 Å². The van der Waals surface area contributed by atoms with Gasteiger partial charge in [-0.1, -0.05) is 35.7 Å². The Morgan fingerprint density at radius 3 is 1.18 bits per heavy atom. The monoisotopic (exact) mass is 660 g/mol. The van der Waals surface area contributed by atoms with E-state index in [-0.39, 0.29) is 11.5 Å². The smallest absolute Gasteiger partial charge is 0.248 e. The van der Waals surface area contributed by atoms with E-state index in [0.717, 1.165) is 23.5 Å². The number of hydrazine groups is 2. The summed E-state index contributed by atoms with van der Waals surface area (Å²) in [6.07, 6.45) is 2.88. The fourth-order valence-electron chi connectivity index (χ4n) is 3.40. The van der Waals surface area contributed by atoms with Gasteiger partial charge in [-0.3, -0.25) is 31.3 Å². The van der Waals surface area contributed by atoms with Crippen LogP contribution in [0.25, 0.3) is 11.1 Å². The summed E-state index contributed by atoms with van der Waals surface area (Å²) in [5, 5.41) is 0.821. The molecule has 0 spiro atoms. The van der Waals surface area contributed by atoms with Crippen LogP contribution in [0.15, 0.2) is 58.8 Å². The number of hydrogen-bond donors (Lipinski definition) is 4. The van der Waals surface area contributed by atoms with Crippen molar-refractivity contribution in [3.63, 3.8) is 0 Å². The van der Waals surface area contributed by atoms with Crippen LogP contribution in [0.3, 0.4) is 0 Å². The van der Waals surface area contributed by atoms with E-state index in [1.165, 1.54) is 12.4 Å². The fraction of sp³-hybridized carbons (Fsp3) is 0.0769. The first kappa shape index (κ1) is 32.3. The number of nitrogens with zero attached hydrogens (tertiary/aromatic N) is 2. The Hall–Kier alpha value is -4.58. The van der Waals surface area contributed by atoms with Gasteiger partial charge in [-0.25, -0.2) is 45.1 Å². The van der Waals surface area contributed by atoms with E-state index in [1.54, 1.807) is 58.1 Å². The molecule has 2 aromatic carbocycles. The summed E-state index contributed by atoms with van der Waals surface area (Å²) in [5.74, 6) is -21.4. The molecule has 4 rings (SSSR count). The molecule has 2 amide bonds. The summed E-state index contributed by atoms with van der Waals surface area (Å²) in [6, 6.07) is 9.59. The minimum Gasteiger partial charge on any atom is -0.293 e. The van der Waals surface area contributed by atoms with Crippen molar-refractivity contribution in [1.29, 1.82) is 0 Å². The van der Waals surface area contributed by atoms with Crippen molar-refractivity contribution in [1.82, 2.24) is 20.8 Å². The molecule has 44 heavy (non-hydrogen) atoms. The predicted octanol–water partition coefficient (Wildman–Crippen LogP) is 5.73. The quantitative estimate of drug-likeness (QED) is 0.0700. The summed E-state index contributed by atoms with van der Waals surface area (Å²) in [4.78, 5) is 31.8. The van der Waals surface area contributed by atoms with Crippen molar-refractivity contribution in [3.05, 3.63) is 95.3 Å². The molecule has 0 saturated carbocycles. The van der Waals surface area contributed by atoms with Gasteiger partial charge in [0, 0.05) is 12.4 Å². The Labute approximate surface area is 251 Å². The van der Waals surface area contributed by atoms with Crippen LogP contribution < -0.4 is 21.7 Å². The number of hydrogen-bond acceptors (Lipinski definition) is 8. The first-order valence-corrected chi connectivity index (χ1v) is 13.9. The Morgan fingerprint density at radius 2 is 0.886 bits per heavy atom. The van der Waals surface area contributed by atoms with Crippen LogP contribution in [-0.4, -0.2) is 33.3 Å². The van der Waals surface area contributed by atoms with Gasteiger partial charge in [0.1, 0.15) is 11.4 Å². The number of carbonyl (C=O) groups excluding carboxylic acids is 2. The molecule has 0 radical (unpaired) electrons. The summed E-state index contributed by atoms with van der Waals surface area (Å²) in [7, 11) is 0. The topological polar surface area (TPSA) is 108 Å². The second-order valence-corrected chi connectivity index (χ2v) is 10.3. The van der Waals surface area contributed by atoms with Gasteiger partial charge in [0.15, 0.2) is 46.5 Å². The molecule has 0 aliphatic heterocycles. The highest BCUT2D eigenvalue weighted by Crippen LogP contribution is 2.40. The normalized spacial score (nSPS) is 10.8. The lowest BCUT2D eigenvalue weighted by molar-refractivity contribution is -0.118. The van der Waals surface area contributed by atoms with E-state index in [9.17, 15) is 44.7 Å². The van der Waals surface area contributed by atoms with Gasteiger partial charge in [0.25, 0.3) is 0 Å². The van der Waals surface area contributed by atoms with Crippen molar-refractivity contribution >= 4 is 46.7 Å². The number of thioether (sulfide) groups is 2. The third-order valence-corrected chi connectivity index (χ3v) is 7.30. The van der Waals surface area contributed by atoms with Crippen LogP contribution in [0.5, 0.6) is 0 Å². The molecule has 4 N–H and O–H groups in total. The number of halogens is 8. The lowest BCUT2D eigenvalue weighted by atomic mass is 10.00. The highest BCUT2D eigenvalue weighted by molar-refractivity contribution is 8.00. The van der Waals surface area contributed by atoms with Crippen LogP contribution >= 0.6 is 23.5 Å². The molecule has 0 aliphatic rings. The van der Waals surface area contributed by atoms with Gasteiger partial charge in [-0.15, -0.1) is 0 Å². The predicted molar refractivity (Wildman–Crippen MR) is 145 cm³/mol. The molecule has 0 saturated heterocycles. The standard InChI is InChI=1S/C26H16F8N6O2S2/c27-17-15(18(28)22(32)25(21(17)31)39-37-11(41)9-43-13-5-1-3-7-35-13)16-19(29)23(33)26(24(34)20(16)30)40-38-12(42)10-44-14-6-2-4-8-36-14/h1-8,39-40H,9-10H2,(H,37,41)(H,38,42). The molecule has 18 heteroatoms. The molecule has 2 aromatic heterocycles. The van der Waals surface area contributed by atoms with Crippen molar-refractivity contribution in [2.45, 2.75) is 10.1 Å². The zero-order valence-electron chi connectivity index (χ0n) is 21.6. The van der Waals surface area contributed by atoms with Gasteiger partial charge in [0.2, 0.25) is 11.8 Å². The molecule has 8 nitrogen and oxygen atoms in total. The third kappa shape index (κ3) is 7.13. The van der Waals surface area contributed by atoms with Gasteiger partial charge in [0.05, 0.1) is 32.7 Å². The van der Waals surface area contributed by atoms with E-state index < -0.39 is 80.9 Å². The van der Waals surface area contributed by atoms with Crippen molar-refractivity contribution < 1.29 is 44.7 Å². The molecular formula is C26H16F8N6O2S2. The van der Waals surface area contributed by atoms with Crippen LogP contribution in [0.1, 0.15) is 0 Å². The lowest BCUT2D eigenvalue weighted by Crippen LogP contribution is -2.32. The molecule has 0 unspecified atom stereocenters. The number of rotatable bonds is 11. The lowest BCUT2D eigenvalue weighted by Gasteiger charge is -2.17. The second kappa shape index (κ2) is 14.3. The first-order chi connectivity index (χ1) is 21.0. The van der Waals surface area contributed by atoms with Crippen LogP contribution in [0, 0.1) is 46.5 Å². The average molecular weight is 661 g/mol. The second-order valence-electron chi connectivity index (χ2n) is 8.27. The number of anilines is 2. The van der Waals surface area contributed by atoms with Gasteiger partial charge in [-0.05, 0) is 24.3 Å². The summed E-state index contributed by atoms with van der Waals surface area (Å²) in [6.45, 7) is 0. The van der Waals surface area contributed by atoms with E-state index in [4.69, 9.17) is 0 Å². The number of pyridine rings is 2. The molecular weight excluding hydrogens is 644 g/mol. The molecule has 2 heterocycles. The molecule has 230 valence electrons. The van der Waals surface area contributed by atoms with Gasteiger partial charge >= 0.3 is 0 Å². The summed E-state index contributed by atoms with van der Waals surface area (Å²) >= 11 is 1.81. The van der Waals surface area contributed by atoms with Crippen molar-refractivity contribution in [2.24, 2.45) is 0 Å². The SMILES string of the molecule is O=C(CSc1ccccn1)NNc1c(F)c(F)c(-c2c(F)c(F)c(NNC(=O)CSc3ccccn3)c(F)c2F)c(F)c1F. The summed E-state index contributed by atoms with van der Waals surface area (Å²) < 4.78 is 118. The van der Waals surface area contributed by atoms with Gasteiger partial charge in [-0.2, -0.15) is 0 Å².